The van der Waals surface area contributed by atoms with Crippen molar-refractivity contribution in [2.45, 2.75) is 6.92 Å². The molecule has 2 aromatic carbocycles. The van der Waals surface area contributed by atoms with E-state index >= 15 is 0 Å². The molecule has 5 heteroatoms. The zero-order chi connectivity index (χ0) is 14.0. The Morgan fingerprint density at radius 1 is 1.16 bits per heavy atom. The summed E-state index contributed by atoms with van der Waals surface area (Å²) in [6.07, 6.45) is 0. The largest absolute Gasteiger partial charge is 0.399 e. The number of carbonyl (C=O) groups is 1. The second kappa shape index (κ2) is 4.97. The number of amides is 1. The molecule has 0 bridgehead atoms. The molecule has 0 aliphatic rings. The molecule has 19 heavy (non-hydrogen) atoms. The smallest absolute Gasteiger partial charge is 0.250 e. The molecule has 0 aliphatic carbocycles. The van der Waals surface area contributed by atoms with Gasteiger partial charge in [-0.1, -0.05) is 6.07 Å². The summed E-state index contributed by atoms with van der Waals surface area (Å²) in [6.45, 7) is 1.85. The Balaban J connectivity index is 2.45. The topological polar surface area (TPSA) is 81.1 Å². The van der Waals surface area contributed by atoms with Crippen molar-refractivity contribution in [3.8, 4) is 0 Å². The highest BCUT2D eigenvalue weighted by molar-refractivity contribution is 5.99. The summed E-state index contributed by atoms with van der Waals surface area (Å²) in [7, 11) is 0. The highest BCUT2D eigenvalue weighted by Gasteiger charge is 2.10. The van der Waals surface area contributed by atoms with Crippen molar-refractivity contribution >= 4 is 23.0 Å². The van der Waals surface area contributed by atoms with Gasteiger partial charge in [0.1, 0.15) is 5.82 Å². The van der Waals surface area contributed by atoms with Crippen LogP contribution in [0, 0.1) is 12.7 Å². The summed E-state index contributed by atoms with van der Waals surface area (Å²) in [4.78, 5) is 11.3. The summed E-state index contributed by atoms with van der Waals surface area (Å²) >= 11 is 0. The maximum Gasteiger partial charge on any atom is 0.250 e. The molecule has 2 rings (SSSR count). The van der Waals surface area contributed by atoms with E-state index in [0.29, 0.717) is 11.4 Å². The Hall–Kier alpha value is -2.56. The standard InChI is InChI=1S/C14H14FN3O/c1-8-2-5-11(15)13(6-8)18-12-7-9(16)3-4-10(12)14(17)19/h2-7,18H,16H2,1H3,(H2,17,19). The van der Waals surface area contributed by atoms with E-state index < -0.39 is 11.7 Å². The molecular formula is C14H14FN3O. The van der Waals surface area contributed by atoms with Crippen LogP contribution in [0.25, 0.3) is 0 Å². The minimum Gasteiger partial charge on any atom is -0.399 e. The van der Waals surface area contributed by atoms with Crippen molar-refractivity contribution < 1.29 is 9.18 Å². The molecule has 0 atom stereocenters. The average molecular weight is 259 g/mol. The van der Waals surface area contributed by atoms with Gasteiger partial charge >= 0.3 is 0 Å². The van der Waals surface area contributed by atoms with Crippen LogP contribution in [0.2, 0.25) is 0 Å². The van der Waals surface area contributed by atoms with Crippen molar-refractivity contribution in [2.24, 2.45) is 5.73 Å². The lowest BCUT2D eigenvalue weighted by atomic mass is 10.1. The molecule has 0 unspecified atom stereocenters. The number of anilines is 3. The molecular weight excluding hydrogens is 245 g/mol. The highest BCUT2D eigenvalue weighted by atomic mass is 19.1. The Morgan fingerprint density at radius 2 is 1.89 bits per heavy atom. The van der Waals surface area contributed by atoms with E-state index in [1.807, 2.05) is 6.92 Å². The normalized spacial score (nSPS) is 10.2. The molecule has 98 valence electrons. The zero-order valence-electron chi connectivity index (χ0n) is 10.4. The van der Waals surface area contributed by atoms with E-state index in [2.05, 4.69) is 5.32 Å². The second-order valence-electron chi connectivity index (χ2n) is 4.28. The molecule has 2 aromatic rings. The first kappa shape index (κ1) is 12.9. The number of nitrogens with two attached hydrogens (primary N) is 2. The lowest BCUT2D eigenvalue weighted by Crippen LogP contribution is -2.13. The van der Waals surface area contributed by atoms with Crippen LogP contribution in [0.15, 0.2) is 36.4 Å². The van der Waals surface area contributed by atoms with Crippen LogP contribution in [0.1, 0.15) is 15.9 Å². The first-order chi connectivity index (χ1) is 8.97. The van der Waals surface area contributed by atoms with Crippen LogP contribution in [-0.2, 0) is 0 Å². The van der Waals surface area contributed by atoms with Crippen LogP contribution < -0.4 is 16.8 Å². The number of nitrogens with one attached hydrogen (secondary N) is 1. The Morgan fingerprint density at radius 3 is 2.58 bits per heavy atom. The molecule has 0 spiro atoms. The van der Waals surface area contributed by atoms with Gasteiger partial charge in [0.2, 0.25) is 0 Å². The van der Waals surface area contributed by atoms with Gasteiger partial charge in [-0.2, -0.15) is 0 Å². The summed E-state index contributed by atoms with van der Waals surface area (Å²) < 4.78 is 13.7. The van der Waals surface area contributed by atoms with Crippen LogP contribution >= 0.6 is 0 Å². The molecule has 0 aliphatic heterocycles. The van der Waals surface area contributed by atoms with Crippen LogP contribution in [0.4, 0.5) is 21.5 Å². The fraction of sp³-hybridized carbons (Fsp3) is 0.0714. The highest BCUT2D eigenvalue weighted by Crippen LogP contribution is 2.25. The number of benzene rings is 2. The SMILES string of the molecule is Cc1ccc(F)c(Nc2cc(N)ccc2C(N)=O)c1. The number of nitrogen functional groups attached to an aromatic ring is 1. The van der Waals surface area contributed by atoms with E-state index in [9.17, 15) is 9.18 Å². The summed E-state index contributed by atoms with van der Waals surface area (Å²) in [5.74, 6) is -1.01. The number of aryl methyl sites for hydroxylation is 1. The van der Waals surface area contributed by atoms with E-state index in [1.54, 1.807) is 24.3 Å². The first-order valence-electron chi connectivity index (χ1n) is 5.70. The molecule has 0 aromatic heterocycles. The molecule has 0 radical (unpaired) electrons. The first-order valence-corrected chi connectivity index (χ1v) is 5.70. The third-order valence-electron chi connectivity index (χ3n) is 2.70. The maximum absolute atomic E-state index is 13.7. The molecule has 5 N–H and O–H groups in total. The fourth-order valence-corrected chi connectivity index (χ4v) is 1.76. The molecule has 0 fully saturated rings. The number of rotatable bonds is 3. The lowest BCUT2D eigenvalue weighted by molar-refractivity contribution is 0.100. The van der Waals surface area contributed by atoms with Gasteiger partial charge in [-0.15, -0.1) is 0 Å². The average Bonchev–Trinajstić information content (AvgIpc) is 2.33. The van der Waals surface area contributed by atoms with Gasteiger partial charge in [0.25, 0.3) is 5.91 Å². The second-order valence-corrected chi connectivity index (χ2v) is 4.28. The monoisotopic (exact) mass is 259 g/mol. The Labute approximate surface area is 110 Å². The van der Waals surface area contributed by atoms with Gasteiger partial charge in [0, 0.05) is 5.69 Å². The van der Waals surface area contributed by atoms with Crippen LogP contribution in [-0.4, -0.2) is 5.91 Å². The van der Waals surface area contributed by atoms with Crippen molar-refractivity contribution in [3.05, 3.63) is 53.3 Å². The molecule has 1 amide bonds. The Kier molecular flexibility index (Phi) is 3.37. The molecule has 0 saturated carbocycles. The number of hydrogen-bond acceptors (Lipinski definition) is 3. The predicted molar refractivity (Wildman–Crippen MR) is 73.8 cm³/mol. The van der Waals surface area contributed by atoms with Gasteiger partial charge in [0.05, 0.1) is 16.9 Å². The van der Waals surface area contributed by atoms with Gasteiger partial charge in [-0.25, -0.2) is 4.39 Å². The Bertz CT molecular complexity index is 641. The summed E-state index contributed by atoms with van der Waals surface area (Å²) in [6, 6.07) is 9.28. The van der Waals surface area contributed by atoms with Crippen molar-refractivity contribution in [3.63, 3.8) is 0 Å². The summed E-state index contributed by atoms with van der Waals surface area (Å²) in [5, 5.41) is 2.85. The molecule has 0 heterocycles. The predicted octanol–water partition coefficient (Wildman–Crippen LogP) is 2.56. The van der Waals surface area contributed by atoms with Crippen molar-refractivity contribution in [2.75, 3.05) is 11.1 Å². The molecule has 0 saturated heterocycles. The van der Waals surface area contributed by atoms with Crippen LogP contribution in [0.5, 0.6) is 0 Å². The van der Waals surface area contributed by atoms with E-state index in [0.717, 1.165) is 5.56 Å². The van der Waals surface area contributed by atoms with Gasteiger partial charge in [-0.05, 0) is 42.8 Å². The van der Waals surface area contributed by atoms with Gasteiger partial charge in [-0.3, -0.25) is 4.79 Å². The lowest BCUT2D eigenvalue weighted by Gasteiger charge is -2.12. The minimum absolute atomic E-state index is 0.259. The fourth-order valence-electron chi connectivity index (χ4n) is 1.76. The number of carbonyl (C=O) groups excluding carboxylic acids is 1. The van der Waals surface area contributed by atoms with Gasteiger partial charge in [0.15, 0.2) is 0 Å². The third-order valence-corrected chi connectivity index (χ3v) is 2.70. The van der Waals surface area contributed by atoms with Gasteiger partial charge < -0.3 is 16.8 Å². The van der Waals surface area contributed by atoms with E-state index in [-0.39, 0.29) is 11.3 Å². The van der Waals surface area contributed by atoms with E-state index in [4.69, 9.17) is 11.5 Å². The summed E-state index contributed by atoms with van der Waals surface area (Å²) in [5.41, 5.74) is 13.2. The number of hydrogen-bond donors (Lipinski definition) is 3. The third kappa shape index (κ3) is 2.82. The molecule has 4 nitrogen and oxygen atoms in total. The van der Waals surface area contributed by atoms with Crippen molar-refractivity contribution in [1.29, 1.82) is 0 Å². The maximum atomic E-state index is 13.7. The quantitative estimate of drug-likeness (QED) is 0.741. The van der Waals surface area contributed by atoms with E-state index in [1.165, 1.54) is 12.1 Å². The van der Waals surface area contributed by atoms with Crippen LogP contribution in [0.3, 0.4) is 0 Å². The zero-order valence-corrected chi connectivity index (χ0v) is 10.4. The van der Waals surface area contributed by atoms with Crippen molar-refractivity contribution in [1.82, 2.24) is 0 Å². The minimum atomic E-state index is -0.601. The number of halogens is 1. The number of primary amides is 1.